The van der Waals surface area contributed by atoms with Gasteiger partial charge in [-0.05, 0) is 38.1 Å². The van der Waals surface area contributed by atoms with Crippen molar-refractivity contribution in [2.24, 2.45) is 5.92 Å². The molecule has 0 aromatic heterocycles. The third-order valence-electron chi connectivity index (χ3n) is 3.71. The predicted octanol–water partition coefficient (Wildman–Crippen LogP) is 1.10. The Labute approximate surface area is 108 Å². The molecule has 5 heteroatoms. The van der Waals surface area contributed by atoms with Gasteiger partial charge < -0.3 is 5.32 Å². The summed E-state index contributed by atoms with van der Waals surface area (Å²) in [7, 11) is 0. The van der Waals surface area contributed by atoms with E-state index in [4.69, 9.17) is 0 Å². The standard InChI is InChI=1S/C13H23N3O2/c1-2-10-4-3-7-16(8-10)9-12(17)15-13(18)14-11-5-6-11/h10-11H,2-9H2,1H3,(H2,14,15,17,18). The number of likely N-dealkylation sites (tertiary alicyclic amines) is 1. The van der Waals surface area contributed by atoms with Crippen LogP contribution in [0.15, 0.2) is 0 Å². The van der Waals surface area contributed by atoms with E-state index in [-0.39, 0.29) is 18.0 Å². The Morgan fingerprint density at radius 2 is 2.06 bits per heavy atom. The molecule has 1 unspecified atom stereocenters. The van der Waals surface area contributed by atoms with E-state index < -0.39 is 0 Å². The molecule has 0 bridgehead atoms. The first kappa shape index (κ1) is 13.3. The van der Waals surface area contributed by atoms with E-state index in [0.29, 0.717) is 12.5 Å². The molecule has 1 aliphatic carbocycles. The molecular weight excluding hydrogens is 230 g/mol. The second-order valence-electron chi connectivity index (χ2n) is 5.45. The van der Waals surface area contributed by atoms with Crippen LogP contribution in [0.1, 0.15) is 39.0 Å². The molecule has 2 rings (SSSR count). The highest BCUT2D eigenvalue weighted by atomic mass is 16.2. The number of imide groups is 1. The predicted molar refractivity (Wildman–Crippen MR) is 69.2 cm³/mol. The fourth-order valence-electron chi connectivity index (χ4n) is 2.45. The zero-order valence-corrected chi connectivity index (χ0v) is 11.1. The van der Waals surface area contributed by atoms with Gasteiger partial charge in [-0.2, -0.15) is 0 Å². The van der Waals surface area contributed by atoms with Crippen LogP contribution in [0.2, 0.25) is 0 Å². The van der Waals surface area contributed by atoms with Crippen molar-refractivity contribution >= 4 is 11.9 Å². The molecule has 3 amide bonds. The molecule has 0 spiro atoms. The minimum atomic E-state index is -0.341. The van der Waals surface area contributed by atoms with Gasteiger partial charge in [0.15, 0.2) is 0 Å². The minimum Gasteiger partial charge on any atom is -0.335 e. The van der Waals surface area contributed by atoms with Crippen LogP contribution in [0.3, 0.4) is 0 Å². The van der Waals surface area contributed by atoms with Crippen LogP contribution in [0.25, 0.3) is 0 Å². The fraction of sp³-hybridized carbons (Fsp3) is 0.846. The number of urea groups is 1. The third kappa shape index (κ3) is 4.29. The summed E-state index contributed by atoms with van der Waals surface area (Å²) < 4.78 is 0. The minimum absolute atomic E-state index is 0.190. The summed E-state index contributed by atoms with van der Waals surface area (Å²) in [5.41, 5.74) is 0. The van der Waals surface area contributed by atoms with E-state index in [0.717, 1.165) is 32.4 Å². The quantitative estimate of drug-likeness (QED) is 0.788. The summed E-state index contributed by atoms with van der Waals surface area (Å²) in [6, 6.07) is -0.0520. The van der Waals surface area contributed by atoms with Crippen molar-refractivity contribution < 1.29 is 9.59 Å². The molecule has 0 aromatic carbocycles. The smallest absolute Gasteiger partial charge is 0.321 e. The van der Waals surface area contributed by atoms with Gasteiger partial charge in [0.2, 0.25) is 5.91 Å². The maximum absolute atomic E-state index is 11.7. The highest BCUT2D eigenvalue weighted by Crippen LogP contribution is 2.19. The molecule has 2 aliphatic rings. The summed E-state index contributed by atoms with van der Waals surface area (Å²) in [6.45, 7) is 4.48. The Kier molecular flexibility index (Phi) is 4.58. The summed E-state index contributed by atoms with van der Waals surface area (Å²) >= 11 is 0. The normalized spacial score (nSPS) is 24.6. The van der Waals surface area contributed by atoms with Crippen LogP contribution < -0.4 is 10.6 Å². The Morgan fingerprint density at radius 3 is 2.72 bits per heavy atom. The molecule has 1 saturated heterocycles. The average Bonchev–Trinajstić information content (AvgIpc) is 3.12. The van der Waals surface area contributed by atoms with E-state index in [9.17, 15) is 9.59 Å². The highest BCUT2D eigenvalue weighted by molar-refractivity contribution is 5.95. The molecule has 1 saturated carbocycles. The second kappa shape index (κ2) is 6.18. The van der Waals surface area contributed by atoms with E-state index in [1.807, 2.05) is 0 Å². The number of carbonyl (C=O) groups excluding carboxylic acids is 2. The number of nitrogens with one attached hydrogen (secondary N) is 2. The lowest BCUT2D eigenvalue weighted by Gasteiger charge is -2.31. The van der Waals surface area contributed by atoms with E-state index in [1.54, 1.807) is 0 Å². The van der Waals surface area contributed by atoms with Gasteiger partial charge in [-0.25, -0.2) is 4.79 Å². The molecule has 1 atom stereocenters. The van der Waals surface area contributed by atoms with Crippen LogP contribution in [-0.2, 0) is 4.79 Å². The third-order valence-corrected chi connectivity index (χ3v) is 3.71. The number of piperidine rings is 1. The molecule has 2 N–H and O–H groups in total. The number of hydrogen-bond donors (Lipinski definition) is 2. The summed E-state index contributed by atoms with van der Waals surface area (Å²) in [6.07, 6.45) is 5.65. The first-order chi connectivity index (χ1) is 8.67. The van der Waals surface area contributed by atoms with Crippen molar-refractivity contribution in [1.82, 2.24) is 15.5 Å². The summed E-state index contributed by atoms with van der Waals surface area (Å²) in [5.74, 6) is 0.511. The number of rotatable bonds is 4. The Hall–Kier alpha value is -1.10. The number of amides is 3. The van der Waals surface area contributed by atoms with Gasteiger partial charge in [0.05, 0.1) is 6.54 Å². The van der Waals surface area contributed by atoms with Crippen molar-refractivity contribution in [2.45, 2.75) is 45.1 Å². The Balaban J connectivity index is 1.67. The molecule has 2 fully saturated rings. The molecule has 1 heterocycles. The second-order valence-corrected chi connectivity index (χ2v) is 5.45. The Morgan fingerprint density at radius 1 is 1.28 bits per heavy atom. The van der Waals surface area contributed by atoms with Crippen LogP contribution in [0.5, 0.6) is 0 Å². The van der Waals surface area contributed by atoms with Crippen LogP contribution in [0.4, 0.5) is 4.79 Å². The molecule has 0 aromatic rings. The molecule has 102 valence electrons. The summed E-state index contributed by atoms with van der Waals surface area (Å²) in [4.78, 5) is 25.3. The lowest BCUT2D eigenvalue weighted by Crippen LogP contribution is -2.47. The fourth-order valence-corrected chi connectivity index (χ4v) is 2.45. The van der Waals surface area contributed by atoms with Crippen molar-refractivity contribution in [1.29, 1.82) is 0 Å². The Bertz CT molecular complexity index is 315. The lowest BCUT2D eigenvalue weighted by molar-refractivity contribution is -0.121. The maximum Gasteiger partial charge on any atom is 0.321 e. The van der Waals surface area contributed by atoms with Gasteiger partial charge >= 0.3 is 6.03 Å². The van der Waals surface area contributed by atoms with Crippen molar-refractivity contribution in [3.63, 3.8) is 0 Å². The van der Waals surface area contributed by atoms with Crippen molar-refractivity contribution in [3.8, 4) is 0 Å². The van der Waals surface area contributed by atoms with Crippen LogP contribution in [0, 0.1) is 5.92 Å². The topological polar surface area (TPSA) is 61.4 Å². The molecule has 5 nitrogen and oxygen atoms in total. The van der Waals surface area contributed by atoms with Gasteiger partial charge in [-0.3, -0.25) is 15.0 Å². The molecule has 1 aliphatic heterocycles. The van der Waals surface area contributed by atoms with Gasteiger partial charge in [0.1, 0.15) is 0 Å². The molecule has 18 heavy (non-hydrogen) atoms. The van der Waals surface area contributed by atoms with Crippen molar-refractivity contribution in [2.75, 3.05) is 19.6 Å². The van der Waals surface area contributed by atoms with E-state index in [1.165, 1.54) is 12.8 Å². The van der Waals surface area contributed by atoms with Gasteiger partial charge in [0, 0.05) is 12.6 Å². The monoisotopic (exact) mass is 253 g/mol. The zero-order chi connectivity index (χ0) is 13.0. The van der Waals surface area contributed by atoms with Crippen molar-refractivity contribution in [3.05, 3.63) is 0 Å². The SMILES string of the molecule is CCC1CCCN(CC(=O)NC(=O)NC2CC2)C1. The zero-order valence-electron chi connectivity index (χ0n) is 11.1. The van der Waals surface area contributed by atoms with Crippen LogP contribution >= 0.6 is 0 Å². The largest absolute Gasteiger partial charge is 0.335 e. The number of carbonyl (C=O) groups is 2. The number of hydrogen-bond acceptors (Lipinski definition) is 3. The first-order valence-electron chi connectivity index (χ1n) is 7.00. The average molecular weight is 253 g/mol. The summed E-state index contributed by atoms with van der Waals surface area (Å²) in [5, 5.41) is 5.15. The van der Waals surface area contributed by atoms with E-state index >= 15 is 0 Å². The van der Waals surface area contributed by atoms with Gasteiger partial charge in [0.25, 0.3) is 0 Å². The van der Waals surface area contributed by atoms with Gasteiger partial charge in [-0.15, -0.1) is 0 Å². The van der Waals surface area contributed by atoms with Crippen LogP contribution in [-0.4, -0.2) is 42.5 Å². The van der Waals surface area contributed by atoms with E-state index in [2.05, 4.69) is 22.5 Å². The lowest BCUT2D eigenvalue weighted by atomic mass is 9.96. The molecule has 0 radical (unpaired) electrons. The highest BCUT2D eigenvalue weighted by Gasteiger charge is 2.25. The van der Waals surface area contributed by atoms with Gasteiger partial charge in [-0.1, -0.05) is 13.3 Å². The number of nitrogens with zero attached hydrogens (tertiary/aromatic N) is 1. The maximum atomic E-state index is 11.7. The molecular formula is C13H23N3O2. The first-order valence-corrected chi connectivity index (χ1v) is 7.00.